The summed E-state index contributed by atoms with van der Waals surface area (Å²) in [4.78, 5) is 6.54. The zero-order chi connectivity index (χ0) is 19.0. The first kappa shape index (κ1) is 17.1. The SMILES string of the molecule is CCn1c(C2=C(O)CN(Cc3ccc(OC)cc3)C2=N)nc2ccccc21. The second-order valence-corrected chi connectivity index (χ2v) is 6.54. The highest BCUT2D eigenvalue weighted by Gasteiger charge is 2.31. The monoisotopic (exact) mass is 362 g/mol. The van der Waals surface area contributed by atoms with Crippen molar-refractivity contribution in [2.75, 3.05) is 13.7 Å². The number of fused-ring (bicyclic) bond motifs is 1. The minimum Gasteiger partial charge on any atom is -0.510 e. The normalized spacial score (nSPS) is 14.4. The minimum atomic E-state index is 0.193. The van der Waals surface area contributed by atoms with Crippen LogP contribution in [-0.2, 0) is 13.1 Å². The molecule has 2 heterocycles. The quantitative estimate of drug-likeness (QED) is 0.723. The molecule has 0 unspecified atom stereocenters. The van der Waals surface area contributed by atoms with E-state index in [1.165, 1.54) is 0 Å². The minimum absolute atomic E-state index is 0.193. The Kier molecular flexibility index (Phi) is 4.32. The maximum Gasteiger partial charge on any atom is 0.148 e. The number of methoxy groups -OCH3 is 1. The second kappa shape index (κ2) is 6.79. The van der Waals surface area contributed by atoms with E-state index in [0.717, 1.165) is 28.9 Å². The fraction of sp³-hybridized carbons (Fsp3) is 0.238. The summed E-state index contributed by atoms with van der Waals surface area (Å²) >= 11 is 0. The molecule has 0 saturated heterocycles. The number of hydrogen-bond donors (Lipinski definition) is 2. The van der Waals surface area contributed by atoms with Gasteiger partial charge in [0, 0.05) is 13.1 Å². The molecule has 2 N–H and O–H groups in total. The number of nitrogens with one attached hydrogen (secondary N) is 1. The van der Waals surface area contributed by atoms with Gasteiger partial charge in [0.05, 0.1) is 30.3 Å². The molecule has 4 rings (SSSR count). The lowest BCUT2D eigenvalue weighted by molar-refractivity contribution is 0.346. The third-order valence-electron chi connectivity index (χ3n) is 4.91. The highest BCUT2D eigenvalue weighted by molar-refractivity contribution is 6.23. The van der Waals surface area contributed by atoms with E-state index in [1.807, 2.05) is 64.9 Å². The lowest BCUT2D eigenvalue weighted by Gasteiger charge is -2.19. The summed E-state index contributed by atoms with van der Waals surface area (Å²) in [6, 6.07) is 15.6. The van der Waals surface area contributed by atoms with Crippen LogP contribution in [0.15, 0.2) is 54.3 Å². The van der Waals surface area contributed by atoms with Crippen LogP contribution in [0.4, 0.5) is 0 Å². The van der Waals surface area contributed by atoms with Gasteiger partial charge in [-0.3, -0.25) is 5.41 Å². The molecule has 0 radical (unpaired) electrons. The van der Waals surface area contributed by atoms with Gasteiger partial charge in [-0.25, -0.2) is 4.98 Å². The van der Waals surface area contributed by atoms with Crippen molar-refractivity contribution < 1.29 is 9.84 Å². The molecule has 0 fully saturated rings. The number of aryl methyl sites for hydroxylation is 1. The molecule has 3 aromatic rings. The summed E-state index contributed by atoms with van der Waals surface area (Å²) in [5.74, 6) is 1.94. The Morgan fingerprint density at radius 1 is 1.15 bits per heavy atom. The number of aromatic nitrogens is 2. The van der Waals surface area contributed by atoms with Crippen LogP contribution in [0, 0.1) is 5.41 Å². The molecule has 0 amide bonds. The van der Waals surface area contributed by atoms with Crippen molar-refractivity contribution >= 4 is 22.4 Å². The van der Waals surface area contributed by atoms with Crippen LogP contribution in [0.2, 0.25) is 0 Å². The Balaban J connectivity index is 1.64. The smallest absolute Gasteiger partial charge is 0.148 e. The van der Waals surface area contributed by atoms with E-state index in [1.54, 1.807) is 7.11 Å². The standard InChI is InChI=1S/C21H22N4O2/c1-3-25-17-7-5-4-6-16(17)23-21(25)19-18(26)13-24(20(19)22)12-14-8-10-15(27-2)11-9-14/h4-11,22,26H,3,12-13H2,1-2H3. The maximum atomic E-state index is 10.6. The van der Waals surface area contributed by atoms with Crippen molar-refractivity contribution in [1.82, 2.24) is 14.5 Å². The number of hydrogen-bond acceptors (Lipinski definition) is 4. The molecule has 1 aliphatic heterocycles. The zero-order valence-corrected chi connectivity index (χ0v) is 15.4. The number of para-hydroxylation sites is 2. The van der Waals surface area contributed by atoms with Gasteiger partial charge in [-0.15, -0.1) is 0 Å². The summed E-state index contributed by atoms with van der Waals surface area (Å²) in [5, 5.41) is 19.2. The molecule has 27 heavy (non-hydrogen) atoms. The maximum absolute atomic E-state index is 10.6. The highest BCUT2D eigenvalue weighted by Crippen LogP contribution is 2.30. The molecule has 6 nitrogen and oxygen atoms in total. The molecule has 6 heteroatoms. The van der Waals surface area contributed by atoms with Gasteiger partial charge in [0.15, 0.2) is 0 Å². The van der Waals surface area contributed by atoms with Gasteiger partial charge >= 0.3 is 0 Å². The summed E-state index contributed by atoms with van der Waals surface area (Å²) in [6.07, 6.45) is 0. The van der Waals surface area contributed by atoms with Crippen LogP contribution in [0.25, 0.3) is 16.6 Å². The van der Waals surface area contributed by atoms with Crippen LogP contribution in [0.1, 0.15) is 18.3 Å². The van der Waals surface area contributed by atoms with Crippen molar-refractivity contribution in [3.8, 4) is 5.75 Å². The van der Waals surface area contributed by atoms with E-state index in [-0.39, 0.29) is 5.76 Å². The van der Waals surface area contributed by atoms with Gasteiger partial charge in [-0.1, -0.05) is 24.3 Å². The van der Waals surface area contributed by atoms with E-state index >= 15 is 0 Å². The average molecular weight is 362 g/mol. The summed E-state index contributed by atoms with van der Waals surface area (Å²) in [7, 11) is 1.64. The summed E-state index contributed by atoms with van der Waals surface area (Å²) in [6.45, 7) is 3.62. The molecule has 0 atom stereocenters. The molecule has 1 aliphatic rings. The molecule has 138 valence electrons. The molecule has 0 bridgehead atoms. The van der Waals surface area contributed by atoms with Crippen LogP contribution >= 0.6 is 0 Å². The topological polar surface area (TPSA) is 74.4 Å². The fourth-order valence-corrected chi connectivity index (χ4v) is 3.54. The van der Waals surface area contributed by atoms with Crippen LogP contribution in [0.3, 0.4) is 0 Å². The highest BCUT2D eigenvalue weighted by atomic mass is 16.5. The summed E-state index contributed by atoms with van der Waals surface area (Å²) < 4.78 is 7.24. The first-order valence-electron chi connectivity index (χ1n) is 8.97. The van der Waals surface area contributed by atoms with Crippen LogP contribution in [-0.4, -0.2) is 39.0 Å². The average Bonchev–Trinajstić information content (AvgIpc) is 3.18. The van der Waals surface area contributed by atoms with E-state index in [2.05, 4.69) is 0 Å². The zero-order valence-electron chi connectivity index (χ0n) is 15.4. The number of benzene rings is 2. The van der Waals surface area contributed by atoms with E-state index in [4.69, 9.17) is 15.1 Å². The molecule has 0 aliphatic carbocycles. The van der Waals surface area contributed by atoms with Gasteiger partial charge in [0.25, 0.3) is 0 Å². The molecule has 0 spiro atoms. The Morgan fingerprint density at radius 3 is 2.59 bits per heavy atom. The van der Waals surface area contributed by atoms with Crippen molar-refractivity contribution in [2.45, 2.75) is 20.0 Å². The predicted octanol–water partition coefficient (Wildman–Crippen LogP) is 3.83. The predicted molar refractivity (Wildman–Crippen MR) is 106 cm³/mol. The van der Waals surface area contributed by atoms with E-state index in [0.29, 0.717) is 30.3 Å². The fourth-order valence-electron chi connectivity index (χ4n) is 3.54. The van der Waals surface area contributed by atoms with Gasteiger partial charge in [-0.05, 0) is 36.8 Å². The van der Waals surface area contributed by atoms with Crippen molar-refractivity contribution in [3.05, 3.63) is 65.7 Å². The third kappa shape index (κ3) is 2.93. The van der Waals surface area contributed by atoms with Crippen molar-refractivity contribution in [1.29, 1.82) is 5.41 Å². The van der Waals surface area contributed by atoms with Gasteiger partial charge < -0.3 is 19.3 Å². The number of ether oxygens (including phenoxy) is 1. The van der Waals surface area contributed by atoms with Crippen molar-refractivity contribution in [2.24, 2.45) is 0 Å². The second-order valence-electron chi connectivity index (χ2n) is 6.54. The summed E-state index contributed by atoms with van der Waals surface area (Å²) in [5.41, 5.74) is 3.45. The number of aliphatic hydroxyl groups is 1. The lowest BCUT2D eigenvalue weighted by atomic mass is 10.2. The Bertz CT molecular complexity index is 1030. The number of rotatable bonds is 5. The third-order valence-corrected chi connectivity index (χ3v) is 4.91. The van der Waals surface area contributed by atoms with Crippen molar-refractivity contribution in [3.63, 3.8) is 0 Å². The van der Waals surface area contributed by atoms with Gasteiger partial charge in [-0.2, -0.15) is 0 Å². The Hall–Kier alpha value is -3.28. The first-order chi connectivity index (χ1) is 13.1. The number of amidine groups is 1. The number of aliphatic hydroxyl groups excluding tert-OH is 1. The van der Waals surface area contributed by atoms with E-state index in [9.17, 15) is 5.11 Å². The molecular weight excluding hydrogens is 340 g/mol. The van der Waals surface area contributed by atoms with Gasteiger partial charge in [0.1, 0.15) is 23.2 Å². The van der Waals surface area contributed by atoms with E-state index < -0.39 is 0 Å². The Morgan fingerprint density at radius 2 is 1.89 bits per heavy atom. The first-order valence-corrected chi connectivity index (χ1v) is 8.97. The lowest BCUT2D eigenvalue weighted by Crippen LogP contribution is -2.26. The Labute approximate surface area is 157 Å². The van der Waals surface area contributed by atoms with Crippen LogP contribution < -0.4 is 4.74 Å². The number of nitrogens with zero attached hydrogens (tertiary/aromatic N) is 3. The number of imidazole rings is 1. The van der Waals surface area contributed by atoms with Crippen LogP contribution in [0.5, 0.6) is 5.75 Å². The largest absolute Gasteiger partial charge is 0.510 e. The molecule has 2 aromatic carbocycles. The molecular formula is C21H22N4O2. The van der Waals surface area contributed by atoms with Gasteiger partial charge in [0.2, 0.25) is 0 Å². The molecule has 0 saturated carbocycles. The molecule has 1 aromatic heterocycles.